The fraction of sp³-hybridized carbons (Fsp3) is 0.542. The molecular formula is C24H31N5O3S. The molecule has 2 aliphatic rings. The monoisotopic (exact) mass is 469 g/mol. The van der Waals surface area contributed by atoms with Crippen molar-refractivity contribution in [3.63, 3.8) is 0 Å². The highest BCUT2D eigenvalue weighted by molar-refractivity contribution is 7.15. The summed E-state index contributed by atoms with van der Waals surface area (Å²) in [5.41, 5.74) is 1.76. The van der Waals surface area contributed by atoms with E-state index in [1.165, 1.54) is 12.8 Å². The summed E-state index contributed by atoms with van der Waals surface area (Å²) < 4.78 is 0. The molecule has 1 aromatic heterocycles. The zero-order chi connectivity index (χ0) is 23.2. The van der Waals surface area contributed by atoms with Gasteiger partial charge >= 0.3 is 0 Å². The molecule has 1 aromatic carbocycles. The molecule has 1 saturated heterocycles. The lowest BCUT2D eigenvalue weighted by Gasteiger charge is -2.32. The molecule has 2 N–H and O–H groups in total. The summed E-state index contributed by atoms with van der Waals surface area (Å²) in [5.74, 6) is -0.818. The molecule has 0 radical (unpaired) electrons. The van der Waals surface area contributed by atoms with Gasteiger partial charge in [0, 0.05) is 24.8 Å². The van der Waals surface area contributed by atoms with E-state index in [4.69, 9.17) is 0 Å². The molecule has 1 unspecified atom stereocenters. The molecule has 8 nitrogen and oxygen atoms in total. The maximum absolute atomic E-state index is 13.0. The molecule has 1 aliphatic carbocycles. The third-order valence-electron chi connectivity index (χ3n) is 6.39. The average Bonchev–Trinajstić information content (AvgIpc) is 3.19. The fourth-order valence-electron chi connectivity index (χ4n) is 4.48. The van der Waals surface area contributed by atoms with Crippen LogP contribution in [0.5, 0.6) is 0 Å². The molecule has 1 atom stereocenters. The fourth-order valence-corrected chi connectivity index (χ4v) is 5.18. The number of likely N-dealkylation sites (tertiary alicyclic amines) is 1. The smallest absolute Gasteiger partial charge is 0.286 e. The molecule has 2 aromatic rings. The van der Waals surface area contributed by atoms with Crippen molar-refractivity contribution in [1.29, 1.82) is 0 Å². The number of benzene rings is 1. The molecule has 1 aliphatic heterocycles. The van der Waals surface area contributed by atoms with Gasteiger partial charge in [0.25, 0.3) is 11.8 Å². The molecule has 2 fully saturated rings. The Hall–Kier alpha value is -2.81. The van der Waals surface area contributed by atoms with Crippen LogP contribution in [0.2, 0.25) is 0 Å². The van der Waals surface area contributed by atoms with Gasteiger partial charge in [-0.2, -0.15) is 0 Å². The van der Waals surface area contributed by atoms with Crippen molar-refractivity contribution in [2.75, 3.05) is 18.4 Å². The van der Waals surface area contributed by atoms with Gasteiger partial charge in [0.05, 0.1) is 5.92 Å². The Morgan fingerprint density at radius 1 is 0.939 bits per heavy atom. The van der Waals surface area contributed by atoms with Gasteiger partial charge in [-0.25, -0.2) is 0 Å². The van der Waals surface area contributed by atoms with E-state index in [0.29, 0.717) is 18.8 Å². The summed E-state index contributed by atoms with van der Waals surface area (Å²) in [4.78, 5) is 40.0. The largest absolute Gasteiger partial charge is 0.353 e. The van der Waals surface area contributed by atoms with Crippen molar-refractivity contribution in [2.45, 2.75) is 64.3 Å². The predicted molar refractivity (Wildman–Crippen MR) is 127 cm³/mol. The number of piperidine rings is 1. The number of amides is 3. The minimum Gasteiger partial charge on any atom is -0.353 e. The van der Waals surface area contributed by atoms with Gasteiger partial charge < -0.3 is 15.5 Å². The van der Waals surface area contributed by atoms with Crippen LogP contribution in [-0.4, -0.2) is 52.0 Å². The van der Waals surface area contributed by atoms with Gasteiger partial charge in [-0.1, -0.05) is 54.7 Å². The zero-order valence-electron chi connectivity index (χ0n) is 19.0. The van der Waals surface area contributed by atoms with Gasteiger partial charge in [0.15, 0.2) is 0 Å². The van der Waals surface area contributed by atoms with Crippen LogP contribution < -0.4 is 10.6 Å². The highest BCUT2D eigenvalue weighted by Crippen LogP contribution is 2.23. The van der Waals surface area contributed by atoms with Gasteiger partial charge in [0.1, 0.15) is 0 Å². The number of hydrogen-bond donors (Lipinski definition) is 2. The van der Waals surface area contributed by atoms with Crippen molar-refractivity contribution in [3.05, 3.63) is 39.8 Å². The Labute approximate surface area is 198 Å². The SMILES string of the molecule is Cc1ccc(NC(=O)c2nnc(C(=O)N3CCCC(C(=O)NC4CCCCCC4)C3)s2)cc1. The van der Waals surface area contributed by atoms with Crippen LogP contribution in [0.15, 0.2) is 24.3 Å². The van der Waals surface area contributed by atoms with E-state index in [9.17, 15) is 14.4 Å². The highest BCUT2D eigenvalue weighted by Gasteiger charge is 2.31. The minimum atomic E-state index is -0.394. The number of anilines is 1. The Bertz CT molecular complexity index is 982. The van der Waals surface area contributed by atoms with E-state index in [-0.39, 0.29) is 33.8 Å². The van der Waals surface area contributed by atoms with Gasteiger partial charge in [0.2, 0.25) is 15.9 Å². The second-order valence-corrected chi connectivity index (χ2v) is 10.00. The van der Waals surface area contributed by atoms with Crippen molar-refractivity contribution in [2.24, 2.45) is 5.92 Å². The van der Waals surface area contributed by atoms with Crippen LogP contribution in [0.25, 0.3) is 0 Å². The maximum atomic E-state index is 13.0. The molecule has 1 saturated carbocycles. The first-order valence-electron chi connectivity index (χ1n) is 11.8. The summed E-state index contributed by atoms with van der Waals surface area (Å²) in [6, 6.07) is 7.69. The first-order valence-corrected chi connectivity index (χ1v) is 12.6. The van der Waals surface area contributed by atoms with Crippen LogP contribution in [0.4, 0.5) is 5.69 Å². The average molecular weight is 470 g/mol. The number of nitrogens with zero attached hydrogens (tertiary/aromatic N) is 3. The standard InChI is InChI=1S/C24H31N5O3S/c1-16-10-12-19(13-11-16)26-21(31)22-27-28-23(33-22)24(32)29-14-6-7-17(15-29)20(30)25-18-8-4-2-3-5-9-18/h10-13,17-18H,2-9,14-15H2,1H3,(H,25,30)(H,26,31). The summed E-state index contributed by atoms with van der Waals surface area (Å²) in [5, 5.41) is 14.2. The lowest BCUT2D eigenvalue weighted by molar-refractivity contribution is -0.127. The van der Waals surface area contributed by atoms with Gasteiger partial charge in [-0.15, -0.1) is 10.2 Å². The van der Waals surface area contributed by atoms with Crippen molar-refractivity contribution >= 4 is 34.7 Å². The minimum absolute atomic E-state index is 0.0508. The Kier molecular flexibility index (Phi) is 7.69. The van der Waals surface area contributed by atoms with Crippen LogP contribution >= 0.6 is 11.3 Å². The molecule has 0 spiro atoms. The number of nitrogens with one attached hydrogen (secondary N) is 2. The number of aromatic nitrogens is 2. The summed E-state index contributed by atoms with van der Waals surface area (Å²) in [7, 11) is 0. The molecule has 3 amide bonds. The van der Waals surface area contributed by atoms with Gasteiger partial charge in [-0.3, -0.25) is 14.4 Å². The summed E-state index contributed by atoms with van der Waals surface area (Å²) in [6.45, 7) is 2.93. The van der Waals surface area contributed by atoms with E-state index in [1.807, 2.05) is 31.2 Å². The van der Waals surface area contributed by atoms with Crippen LogP contribution in [0, 0.1) is 12.8 Å². The summed E-state index contributed by atoms with van der Waals surface area (Å²) in [6.07, 6.45) is 8.44. The zero-order valence-corrected chi connectivity index (χ0v) is 19.8. The Balaban J connectivity index is 1.33. The molecule has 0 bridgehead atoms. The molecule has 4 rings (SSSR count). The van der Waals surface area contributed by atoms with Crippen LogP contribution in [-0.2, 0) is 4.79 Å². The number of rotatable bonds is 5. The van der Waals surface area contributed by atoms with Gasteiger partial charge in [-0.05, 0) is 44.7 Å². The Morgan fingerprint density at radius 2 is 1.64 bits per heavy atom. The van der Waals surface area contributed by atoms with Crippen molar-refractivity contribution in [1.82, 2.24) is 20.4 Å². The highest BCUT2D eigenvalue weighted by atomic mass is 32.1. The number of carbonyl (C=O) groups excluding carboxylic acids is 3. The normalized spacial score (nSPS) is 19.5. The van der Waals surface area contributed by atoms with E-state index >= 15 is 0 Å². The third kappa shape index (κ3) is 6.16. The molecular weight excluding hydrogens is 438 g/mol. The number of aryl methyl sites for hydroxylation is 1. The van der Waals surface area contributed by atoms with E-state index in [1.54, 1.807) is 4.90 Å². The second kappa shape index (κ2) is 10.9. The Morgan fingerprint density at radius 3 is 2.36 bits per heavy atom. The molecule has 2 heterocycles. The van der Waals surface area contributed by atoms with E-state index in [2.05, 4.69) is 20.8 Å². The third-order valence-corrected chi connectivity index (χ3v) is 7.30. The summed E-state index contributed by atoms with van der Waals surface area (Å²) >= 11 is 0.980. The van der Waals surface area contributed by atoms with E-state index in [0.717, 1.165) is 55.4 Å². The second-order valence-electron chi connectivity index (χ2n) is 9.02. The quantitative estimate of drug-likeness (QED) is 0.649. The predicted octanol–water partition coefficient (Wildman–Crippen LogP) is 3.79. The maximum Gasteiger partial charge on any atom is 0.286 e. The lowest BCUT2D eigenvalue weighted by atomic mass is 9.96. The first kappa shape index (κ1) is 23.4. The van der Waals surface area contributed by atoms with Crippen LogP contribution in [0.1, 0.15) is 76.5 Å². The molecule has 176 valence electrons. The topological polar surface area (TPSA) is 104 Å². The first-order chi connectivity index (χ1) is 16.0. The van der Waals surface area contributed by atoms with Crippen molar-refractivity contribution in [3.8, 4) is 0 Å². The number of carbonyl (C=O) groups is 3. The molecule has 33 heavy (non-hydrogen) atoms. The van der Waals surface area contributed by atoms with E-state index < -0.39 is 5.91 Å². The van der Waals surface area contributed by atoms with Crippen LogP contribution in [0.3, 0.4) is 0 Å². The number of hydrogen-bond acceptors (Lipinski definition) is 6. The van der Waals surface area contributed by atoms with Crippen molar-refractivity contribution < 1.29 is 14.4 Å². The lowest BCUT2D eigenvalue weighted by Crippen LogP contribution is -2.47. The molecule has 9 heteroatoms.